The van der Waals surface area contributed by atoms with E-state index in [0.717, 1.165) is 24.3 Å². The van der Waals surface area contributed by atoms with Gasteiger partial charge in [-0.15, -0.1) is 0 Å². The van der Waals surface area contributed by atoms with Crippen LogP contribution in [-0.2, 0) is 0 Å². The maximum Gasteiger partial charge on any atom is -0.00433 e. The molecule has 2 rings (SSSR count). The van der Waals surface area contributed by atoms with Crippen LogP contribution in [0.5, 0.6) is 0 Å². The predicted molar refractivity (Wildman–Crippen MR) is 47.1 cm³/mol. The zero-order valence-electron chi connectivity index (χ0n) is 7.00. The second kappa shape index (κ2) is 2.98. The normalized spacial score (nSPS) is 45.4. The highest BCUT2D eigenvalue weighted by molar-refractivity contribution is 5.01. The molecule has 1 saturated carbocycles. The Bertz CT molecular complexity index is 146. The van der Waals surface area contributed by atoms with E-state index in [1.165, 1.54) is 25.7 Å². The molecule has 2 aliphatic carbocycles. The summed E-state index contributed by atoms with van der Waals surface area (Å²) in [5, 5.41) is 0. The fourth-order valence-corrected chi connectivity index (χ4v) is 2.54. The molecule has 2 N–H and O–H groups in total. The first-order chi connectivity index (χ1) is 5.43. The van der Waals surface area contributed by atoms with Gasteiger partial charge in [0, 0.05) is 0 Å². The number of hydrogen-bond donors (Lipinski definition) is 1. The van der Waals surface area contributed by atoms with E-state index in [-0.39, 0.29) is 0 Å². The predicted octanol–water partition coefficient (Wildman–Crippen LogP) is 1.94. The van der Waals surface area contributed by atoms with Crippen LogP contribution in [-0.4, -0.2) is 6.54 Å². The molecule has 0 radical (unpaired) electrons. The van der Waals surface area contributed by atoms with Gasteiger partial charge in [0.15, 0.2) is 0 Å². The van der Waals surface area contributed by atoms with Crippen molar-refractivity contribution in [3.63, 3.8) is 0 Å². The van der Waals surface area contributed by atoms with Crippen LogP contribution in [0, 0.1) is 17.8 Å². The third-order valence-electron chi connectivity index (χ3n) is 3.28. The Labute approximate surface area is 68.7 Å². The monoisotopic (exact) mass is 151 g/mol. The molecular formula is C10H17N. The summed E-state index contributed by atoms with van der Waals surface area (Å²) in [6.45, 7) is 0.926. The van der Waals surface area contributed by atoms with Crippen molar-refractivity contribution in [2.45, 2.75) is 25.7 Å². The highest BCUT2D eigenvalue weighted by atomic mass is 14.7. The SMILES string of the molecule is NCC1C2CC/C=C\CCC12. The minimum atomic E-state index is 0.884. The van der Waals surface area contributed by atoms with E-state index in [1.807, 2.05) is 0 Å². The largest absolute Gasteiger partial charge is 0.330 e. The van der Waals surface area contributed by atoms with Crippen molar-refractivity contribution in [2.24, 2.45) is 23.5 Å². The van der Waals surface area contributed by atoms with Gasteiger partial charge in [-0.2, -0.15) is 0 Å². The minimum absolute atomic E-state index is 0.884. The molecule has 0 aliphatic heterocycles. The van der Waals surface area contributed by atoms with Crippen molar-refractivity contribution in [2.75, 3.05) is 6.54 Å². The van der Waals surface area contributed by atoms with Crippen molar-refractivity contribution in [3.8, 4) is 0 Å². The van der Waals surface area contributed by atoms with Gasteiger partial charge < -0.3 is 5.73 Å². The lowest BCUT2D eigenvalue weighted by Gasteiger charge is -1.99. The first kappa shape index (κ1) is 7.35. The van der Waals surface area contributed by atoms with Gasteiger partial charge in [-0.3, -0.25) is 0 Å². The third-order valence-corrected chi connectivity index (χ3v) is 3.28. The highest BCUT2D eigenvalue weighted by Gasteiger charge is 2.47. The first-order valence-electron chi connectivity index (χ1n) is 4.78. The van der Waals surface area contributed by atoms with Crippen molar-refractivity contribution in [1.29, 1.82) is 0 Å². The van der Waals surface area contributed by atoms with Crippen LogP contribution in [0.2, 0.25) is 0 Å². The zero-order valence-corrected chi connectivity index (χ0v) is 7.00. The molecule has 0 heterocycles. The molecule has 0 bridgehead atoms. The summed E-state index contributed by atoms with van der Waals surface area (Å²) >= 11 is 0. The lowest BCUT2D eigenvalue weighted by atomic mass is 10.1. The Hall–Kier alpha value is -0.300. The summed E-state index contributed by atoms with van der Waals surface area (Å²) < 4.78 is 0. The summed E-state index contributed by atoms with van der Waals surface area (Å²) in [7, 11) is 0. The van der Waals surface area contributed by atoms with Gasteiger partial charge in [0.1, 0.15) is 0 Å². The molecule has 0 aromatic heterocycles. The average Bonchev–Trinajstić information content (AvgIpc) is 2.60. The summed E-state index contributed by atoms with van der Waals surface area (Å²) in [5.74, 6) is 2.87. The van der Waals surface area contributed by atoms with E-state index >= 15 is 0 Å². The quantitative estimate of drug-likeness (QED) is 0.569. The number of allylic oxidation sites excluding steroid dienone is 2. The molecule has 62 valence electrons. The molecule has 1 nitrogen and oxygen atoms in total. The Morgan fingerprint density at radius 1 is 1.09 bits per heavy atom. The van der Waals surface area contributed by atoms with E-state index < -0.39 is 0 Å². The van der Waals surface area contributed by atoms with E-state index in [0.29, 0.717) is 0 Å². The van der Waals surface area contributed by atoms with Gasteiger partial charge in [-0.25, -0.2) is 0 Å². The van der Waals surface area contributed by atoms with Gasteiger partial charge in [-0.05, 0) is 50.0 Å². The molecule has 0 aromatic rings. The van der Waals surface area contributed by atoms with Crippen LogP contribution in [0.1, 0.15) is 25.7 Å². The second-order valence-corrected chi connectivity index (χ2v) is 3.85. The van der Waals surface area contributed by atoms with Crippen LogP contribution in [0.3, 0.4) is 0 Å². The molecule has 0 aromatic carbocycles. The van der Waals surface area contributed by atoms with Gasteiger partial charge in [0.05, 0.1) is 0 Å². The smallest absolute Gasteiger partial charge is 0.00433 e. The molecule has 0 spiro atoms. The topological polar surface area (TPSA) is 26.0 Å². The average molecular weight is 151 g/mol. The van der Waals surface area contributed by atoms with Crippen molar-refractivity contribution >= 4 is 0 Å². The molecule has 0 saturated heterocycles. The van der Waals surface area contributed by atoms with Gasteiger partial charge in [0.25, 0.3) is 0 Å². The third kappa shape index (κ3) is 1.34. The Morgan fingerprint density at radius 3 is 2.09 bits per heavy atom. The zero-order chi connectivity index (χ0) is 7.68. The fourth-order valence-electron chi connectivity index (χ4n) is 2.54. The van der Waals surface area contributed by atoms with E-state index in [9.17, 15) is 0 Å². The van der Waals surface area contributed by atoms with Crippen LogP contribution in [0.25, 0.3) is 0 Å². The Morgan fingerprint density at radius 2 is 1.64 bits per heavy atom. The van der Waals surface area contributed by atoms with E-state index in [1.54, 1.807) is 0 Å². The molecule has 2 atom stereocenters. The van der Waals surface area contributed by atoms with Crippen LogP contribution in [0.4, 0.5) is 0 Å². The number of rotatable bonds is 1. The maximum absolute atomic E-state index is 5.68. The standard InChI is InChI=1S/C10H17N/c11-7-10-8-5-3-1-2-4-6-9(8)10/h1-2,8-10H,3-7,11H2/b2-1-. The molecular weight excluding hydrogens is 134 g/mol. The van der Waals surface area contributed by atoms with Gasteiger partial charge in [-0.1, -0.05) is 12.2 Å². The van der Waals surface area contributed by atoms with Crippen LogP contribution < -0.4 is 5.73 Å². The minimum Gasteiger partial charge on any atom is -0.330 e. The second-order valence-electron chi connectivity index (χ2n) is 3.85. The lowest BCUT2D eigenvalue weighted by Crippen LogP contribution is -2.03. The maximum atomic E-state index is 5.68. The molecule has 2 unspecified atom stereocenters. The lowest BCUT2D eigenvalue weighted by molar-refractivity contribution is 0.605. The van der Waals surface area contributed by atoms with E-state index in [4.69, 9.17) is 5.73 Å². The van der Waals surface area contributed by atoms with Gasteiger partial charge in [0.2, 0.25) is 0 Å². The number of hydrogen-bond acceptors (Lipinski definition) is 1. The Balaban J connectivity index is 1.91. The molecule has 2 aliphatic rings. The number of fused-ring (bicyclic) bond motifs is 1. The van der Waals surface area contributed by atoms with Gasteiger partial charge >= 0.3 is 0 Å². The van der Waals surface area contributed by atoms with Crippen LogP contribution in [0.15, 0.2) is 12.2 Å². The highest BCUT2D eigenvalue weighted by Crippen LogP contribution is 2.51. The summed E-state index contributed by atoms with van der Waals surface area (Å²) in [6.07, 6.45) is 10.0. The summed E-state index contributed by atoms with van der Waals surface area (Å²) in [4.78, 5) is 0. The van der Waals surface area contributed by atoms with Crippen molar-refractivity contribution in [1.82, 2.24) is 0 Å². The van der Waals surface area contributed by atoms with Crippen molar-refractivity contribution in [3.05, 3.63) is 12.2 Å². The molecule has 0 amide bonds. The summed E-state index contributed by atoms with van der Waals surface area (Å²) in [6, 6.07) is 0. The van der Waals surface area contributed by atoms with Crippen LogP contribution >= 0.6 is 0 Å². The molecule has 1 heteroatoms. The van der Waals surface area contributed by atoms with E-state index in [2.05, 4.69) is 12.2 Å². The molecule has 1 fully saturated rings. The van der Waals surface area contributed by atoms with Crippen molar-refractivity contribution < 1.29 is 0 Å². The molecule has 11 heavy (non-hydrogen) atoms. The Kier molecular flexibility index (Phi) is 1.99. The fraction of sp³-hybridized carbons (Fsp3) is 0.800. The first-order valence-corrected chi connectivity index (χ1v) is 4.78. The summed E-state index contributed by atoms with van der Waals surface area (Å²) in [5.41, 5.74) is 5.68. The number of nitrogens with two attached hydrogens (primary N) is 1.